The van der Waals surface area contributed by atoms with Crippen molar-refractivity contribution in [3.63, 3.8) is 0 Å². The lowest BCUT2D eigenvalue weighted by molar-refractivity contribution is 0.0523. The highest BCUT2D eigenvalue weighted by Gasteiger charge is 2.16. The number of carbonyl (C=O) groups excluding carboxylic acids is 1. The van der Waals surface area contributed by atoms with Crippen LogP contribution in [0, 0.1) is 0 Å². The second-order valence-corrected chi connectivity index (χ2v) is 7.17. The van der Waals surface area contributed by atoms with Gasteiger partial charge >= 0.3 is 6.09 Å². The molecule has 1 aromatic rings. The van der Waals surface area contributed by atoms with Crippen molar-refractivity contribution in [2.24, 2.45) is 0 Å². The maximum Gasteiger partial charge on any atom is 0.407 e. The van der Waals surface area contributed by atoms with E-state index < -0.39 is 5.60 Å². The van der Waals surface area contributed by atoms with Crippen molar-refractivity contribution in [1.82, 2.24) is 15.5 Å². The first-order valence-electron chi connectivity index (χ1n) is 8.09. The summed E-state index contributed by atoms with van der Waals surface area (Å²) >= 11 is 0. The molecule has 1 rings (SSSR count). The summed E-state index contributed by atoms with van der Waals surface area (Å²) in [6.07, 6.45) is -0.376. The fourth-order valence-corrected chi connectivity index (χ4v) is 2.13. The minimum Gasteiger partial charge on any atom is -0.444 e. The Bertz CT molecular complexity index is 495. The lowest BCUT2D eigenvalue weighted by atomic mass is 10.1. The first-order chi connectivity index (χ1) is 10.7. The molecule has 1 atom stereocenters. The van der Waals surface area contributed by atoms with Gasteiger partial charge in [0.1, 0.15) is 5.60 Å². The number of carbonyl (C=O) groups is 1. The molecule has 0 radical (unpaired) electrons. The highest BCUT2D eigenvalue weighted by molar-refractivity contribution is 5.67. The molecule has 0 aliphatic heterocycles. The van der Waals surface area contributed by atoms with Crippen LogP contribution in [0.2, 0.25) is 0 Å². The van der Waals surface area contributed by atoms with Gasteiger partial charge in [0.05, 0.1) is 0 Å². The van der Waals surface area contributed by atoms with E-state index in [1.807, 2.05) is 27.7 Å². The molecule has 0 spiro atoms. The molecule has 0 bridgehead atoms. The molecule has 0 heterocycles. The van der Waals surface area contributed by atoms with Crippen LogP contribution >= 0.6 is 0 Å². The summed E-state index contributed by atoms with van der Waals surface area (Å²) in [5, 5.41) is 6.23. The number of nitrogens with one attached hydrogen (secondary N) is 2. The Labute approximate surface area is 140 Å². The number of alkyl carbamates (subject to hydrolysis) is 1. The molecule has 2 N–H and O–H groups in total. The maximum absolute atomic E-state index is 11.6. The zero-order chi connectivity index (χ0) is 17.5. The maximum atomic E-state index is 11.6. The van der Waals surface area contributed by atoms with Crippen LogP contribution in [0.1, 0.15) is 38.8 Å². The SMILES string of the molecule is CC(CNC(=O)OC(C)(C)C)NCc1ccccc1CN(C)C. The van der Waals surface area contributed by atoms with Crippen LogP contribution in [0.4, 0.5) is 4.79 Å². The Morgan fingerprint density at radius 2 is 1.83 bits per heavy atom. The Balaban J connectivity index is 2.42. The van der Waals surface area contributed by atoms with E-state index in [9.17, 15) is 4.79 Å². The standard InChI is InChI=1S/C18H31N3O2/c1-14(11-20-17(22)23-18(2,3)4)19-12-15-9-7-8-10-16(15)13-21(5)6/h7-10,14,19H,11-13H2,1-6H3,(H,20,22). The summed E-state index contributed by atoms with van der Waals surface area (Å²) < 4.78 is 5.23. The van der Waals surface area contributed by atoms with E-state index in [1.165, 1.54) is 11.1 Å². The second-order valence-electron chi connectivity index (χ2n) is 7.17. The van der Waals surface area contributed by atoms with E-state index in [1.54, 1.807) is 0 Å². The summed E-state index contributed by atoms with van der Waals surface area (Å²) in [7, 11) is 4.13. The molecule has 1 amide bonds. The van der Waals surface area contributed by atoms with Gasteiger partial charge in [0.2, 0.25) is 0 Å². The average Bonchev–Trinajstić information content (AvgIpc) is 2.41. The minimum absolute atomic E-state index is 0.162. The van der Waals surface area contributed by atoms with Gasteiger partial charge in [-0.15, -0.1) is 0 Å². The smallest absolute Gasteiger partial charge is 0.407 e. The third-order valence-corrected chi connectivity index (χ3v) is 3.20. The average molecular weight is 321 g/mol. The predicted octanol–water partition coefficient (Wildman–Crippen LogP) is 2.75. The number of rotatable bonds is 7. The van der Waals surface area contributed by atoms with Crippen molar-refractivity contribution in [2.75, 3.05) is 20.6 Å². The molecule has 5 nitrogen and oxygen atoms in total. The molecule has 1 unspecified atom stereocenters. The van der Waals surface area contributed by atoms with Gasteiger partial charge in [0.25, 0.3) is 0 Å². The molecule has 23 heavy (non-hydrogen) atoms. The topological polar surface area (TPSA) is 53.6 Å². The molecule has 0 aromatic heterocycles. The van der Waals surface area contributed by atoms with Crippen LogP contribution in [0.5, 0.6) is 0 Å². The molecular formula is C18H31N3O2. The third-order valence-electron chi connectivity index (χ3n) is 3.20. The first kappa shape index (κ1) is 19.5. The van der Waals surface area contributed by atoms with Gasteiger partial charge in [-0.25, -0.2) is 4.79 Å². The third kappa shape index (κ3) is 8.57. The van der Waals surface area contributed by atoms with E-state index in [2.05, 4.69) is 53.9 Å². The summed E-state index contributed by atoms with van der Waals surface area (Å²) in [6.45, 7) is 9.85. The van der Waals surface area contributed by atoms with Gasteiger partial charge in [-0.3, -0.25) is 0 Å². The van der Waals surface area contributed by atoms with Crippen molar-refractivity contribution in [3.05, 3.63) is 35.4 Å². The van der Waals surface area contributed by atoms with E-state index in [-0.39, 0.29) is 12.1 Å². The largest absolute Gasteiger partial charge is 0.444 e. The van der Waals surface area contributed by atoms with Crippen LogP contribution < -0.4 is 10.6 Å². The van der Waals surface area contributed by atoms with E-state index in [4.69, 9.17) is 4.74 Å². The molecular weight excluding hydrogens is 290 g/mol. The van der Waals surface area contributed by atoms with Crippen LogP contribution in [-0.2, 0) is 17.8 Å². The predicted molar refractivity (Wildman–Crippen MR) is 94.4 cm³/mol. The Morgan fingerprint density at radius 1 is 1.22 bits per heavy atom. The normalized spacial score (nSPS) is 13.0. The van der Waals surface area contributed by atoms with Crippen LogP contribution in [0.15, 0.2) is 24.3 Å². The fraction of sp³-hybridized carbons (Fsp3) is 0.611. The lowest BCUT2D eigenvalue weighted by Gasteiger charge is -2.21. The van der Waals surface area contributed by atoms with Crippen LogP contribution in [0.3, 0.4) is 0 Å². The summed E-state index contributed by atoms with van der Waals surface area (Å²) in [5.41, 5.74) is 2.13. The van der Waals surface area contributed by atoms with Crippen LogP contribution in [0.25, 0.3) is 0 Å². The fourth-order valence-electron chi connectivity index (χ4n) is 2.13. The Hall–Kier alpha value is -1.59. The highest BCUT2D eigenvalue weighted by Crippen LogP contribution is 2.10. The quantitative estimate of drug-likeness (QED) is 0.811. The van der Waals surface area contributed by atoms with Gasteiger partial charge in [-0.1, -0.05) is 24.3 Å². The van der Waals surface area contributed by atoms with Crippen molar-refractivity contribution in [2.45, 2.75) is 52.4 Å². The van der Waals surface area contributed by atoms with E-state index in [0.29, 0.717) is 6.54 Å². The molecule has 0 fully saturated rings. The molecule has 0 saturated heterocycles. The zero-order valence-electron chi connectivity index (χ0n) is 15.3. The van der Waals surface area contributed by atoms with Crippen molar-refractivity contribution in [1.29, 1.82) is 0 Å². The van der Waals surface area contributed by atoms with Crippen LogP contribution in [-0.4, -0.2) is 43.3 Å². The molecule has 5 heteroatoms. The highest BCUT2D eigenvalue weighted by atomic mass is 16.6. The summed E-state index contributed by atoms with van der Waals surface area (Å²) in [4.78, 5) is 13.8. The molecule has 1 aromatic carbocycles. The van der Waals surface area contributed by atoms with Gasteiger partial charge in [-0.2, -0.15) is 0 Å². The number of hydrogen-bond acceptors (Lipinski definition) is 4. The van der Waals surface area contributed by atoms with Gasteiger partial charge < -0.3 is 20.3 Å². The number of ether oxygens (including phenoxy) is 1. The Morgan fingerprint density at radius 3 is 2.39 bits per heavy atom. The van der Waals surface area contributed by atoms with Crippen molar-refractivity contribution >= 4 is 6.09 Å². The van der Waals surface area contributed by atoms with Crippen molar-refractivity contribution in [3.8, 4) is 0 Å². The van der Waals surface area contributed by atoms with E-state index >= 15 is 0 Å². The summed E-state index contributed by atoms with van der Waals surface area (Å²) in [5.74, 6) is 0. The Kier molecular flexibility index (Phi) is 7.52. The molecule has 130 valence electrons. The zero-order valence-corrected chi connectivity index (χ0v) is 15.3. The number of nitrogens with zero attached hydrogens (tertiary/aromatic N) is 1. The number of hydrogen-bond donors (Lipinski definition) is 2. The summed E-state index contributed by atoms with van der Waals surface area (Å²) in [6, 6.07) is 8.57. The first-order valence-corrected chi connectivity index (χ1v) is 8.09. The monoisotopic (exact) mass is 321 g/mol. The lowest BCUT2D eigenvalue weighted by Crippen LogP contribution is -2.41. The molecule has 0 saturated carbocycles. The van der Waals surface area contributed by atoms with Crippen molar-refractivity contribution < 1.29 is 9.53 Å². The second kappa shape index (κ2) is 8.89. The van der Waals surface area contributed by atoms with E-state index in [0.717, 1.165) is 13.1 Å². The molecule has 0 aliphatic rings. The van der Waals surface area contributed by atoms with Gasteiger partial charge in [-0.05, 0) is 52.9 Å². The molecule has 0 aliphatic carbocycles. The minimum atomic E-state index is -0.466. The van der Waals surface area contributed by atoms with Gasteiger partial charge in [0.15, 0.2) is 0 Å². The number of amides is 1. The van der Waals surface area contributed by atoms with Gasteiger partial charge in [0, 0.05) is 25.7 Å². The number of benzene rings is 1.